The van der Waals surface area contributed by atoms with Crippen LogP contribution in [0.1, 0.15) is 23.1 Å². The molecular formula is C29H33NO3. The van der Waals surface area contributed by atoms with E-state index in [-0.39, 0.29) is 24.3 Å². The van der Waals surface area contributed by atoms with Gasteiger partial charge in [-0.3, -0.25) is 0 Å². The third-order valence-electron chi connectivity index (χ3n) is 5.95. The summed E-state index contributed by atoms with van der Waals surface area (Å²) in [4.78, 5) is 0. The summed E-state index contributed by atoms with van der Waals surface area (Å²) in [7, 11) is 0. The summed E-state index contributed by atoms with van der Waals surface area (Å²) >= 11 is 0. The summed E-state index contributed by atoms with van der Waals surface area (Å²) < 4.78 is 19.0. The highest BCUT2D eigenvalue weighted by Gasteiger charge is 2.44. The van der Waals surface area contributed by atoms with Crippen molar-refractivity contribution in [3.8, 4) is 0 Å². The smallest absolute Gasteiger partial charge is 0.103 e. The maximum absolute atomic E-state index is 6.48. The lowest BCUT2D eigenvalue weighted by Crippen LogP contribution is -2.40. The van der Waals surface area contributed by atoms with Gasteiger partial charge >= 0.3 is 0 Å². The first-order valence-electron chi connectivity index (χ1n) is 11.6. The van der Waals surface area contributed by atoms with Gasteiger partial charge in [0.2, 0.25) is 0 Å². The van der Waals surface area contributed by atoms with Crippen molar-refractivity contribution >= 4 is 0 Å². The molecule has 0 unspecified atom stereocenters. The molecule has 1 heterocycles. The van der Waals surface area contributed by atoms with Crippen LogP contribution >= 0.6 is 0 Å². The van der Waals surface area contributed by atoms with Crippen LogP contribution in [0.5, 0.6) is 0 Å². The molecule has 0 aliphatic carbocycles. The van der Waals surface area contributed by atoms with Gasteiger partial charge in [0, 0.05) is 6.04 Å². The molecule has 0 radical (unpaired) electrons. The molecule has 0 saturated carbocycles. The van der Waals surface area contributed by atoms with Crippen LogP contribution in [0, 0.1) is 0 Å². The molecule has 0 aromatic heterocycles. The number of hydrogen-bond donors (Lipinski definition) is 1. The van der Waals surface area contributed by atoms with E-state index in [1.54, 1.807) is 0 Å². The molecule has 33 heavy (non-hydrogen) atoms. The Bertz CT molecular complexity index is 948. The van der Waals surface area contributed by atoms with E-state index in [1.807, 2.05) is 60.7 Å². The number of nitrogens with one attached hydrogen (secondary N) is 1. The molecule has 1 aliphatic rings. The normalized spacial score (nSPS) is 22.3. The topological polar surface area (TPSA) is 39.7 Å². The molecule has 1 saturated heterocycles. The van der Waals surface area contributed by atoms with E-state index in [0.29, 0.717) is 26.4 Å². The fraction of sp³-hybridized carbons (Fsp3) is 0.310. The molecule has 1 fully saturated rings. The first-order valence-corrected chi connectivity index (χ1v) is 11.6. The van der Waals surface area contributed by atoms with Crippen LogP contribution in [-0.2, 0) is 34.0 Å². The van der Waals surface area contributed by atoms with Crippen LogP contribution in [0.4, 0.5) is 0 Å². The zero-order valence-electron chi connectivity index (χ0n) is 19.0. The van der Waals surface area contributed by atoms with Gasteiger partial charge in [-0.25, -0.2) is 0 Å². The summed E-state index contributed by atoms with van der Waals surface area (Å²) in [6.45, 7) is 6.16. The van der Waals surface area contributed by atoms with E-state index < -0.39 is 0 Å². The average molecular weight is 444 g/mol. The van der Waals surface area contributed by atoms with Crippen molar-refractivity contribution < 1.29 is 14.2 Å². The van der Waals surface area contributed by atoms with Crippen molar-refractivity contribution in [1.29, 1.82) is 0 Å². The Labute approximate surface area is 197 Å². The van der Waals surface area contributed by atoms with Crippen LogP contribution in [0.2, 0.25) is 0 Å². The summed E-state index contributed by atoms with van der Waals surface area (Å²) in [5, 5.41) is 3.70. The minimum absolute atomic E-state index is 0.0307. The second kappa shape index (κ2) is 12.5. The fourth-order valence-electron chi connectivity index (χ4n) is 4.28. The predicted octanol–water partition coefficient (Wildman–Crippen LogP) is 5.29. The summed E-state index contributed by atoms with van der Waals surface area (Å²) in [5.41, 5.74) is 3.47. The Kier molecular flexibility index (Phi) is 8.84. The van der Waals surface area contributed by atoms with Gasteiger partial charge < -0.3 is 19.5 Å². The molecule has 4 rings (SSSR count). The van der Waals surface area contributed by atoms with Crippen LogP contribution in [0.25, 0.3) is 0 Å². The molecule has 0 spiro atoms. The molecule has 1 aliphatic heterocycles. The zero-order valence-corrected chi connectivity index (χ0v) is 19.0. The molecule has 0 bridgehead atoms. The summed E-state index contributed by atoms with van der Waals surface area (Å²) in [6, 6.07) is 30.9. The van der Waals surface area contributed by atoms with Crippen molar-refractivity contribution in [1.82, 2.24) is 5.32 Å². The Morgan fingerprint density at radius 3 is 1.58 bits per heavy atom. The third kappa shape index (κ3) is 6.86. The monoisotopic (exact) mass is 443 g/mol. The lowest BCUT2D eigenvalue weighted by Gasteiger charge is -2.26. The SMILES string of the molecule is C=CC[C@H]1N[C@@H](COCc2ccccc2)[C@H](OCc2ccccc2)[C@@H]1OCc1ccccc1. The average Bonchev–Trinajstić information content (AvgIpc) is 3.19. The summed E-state index contributed by atoms with van der Waals surface area (Å²) in [6.07, 6.45) is 2.52. The molecule has 172 valence electrons. The van der Waals surface area contributed by atoms with Gasteiger partial charge in [0.15, 0.2) is 0 Å². The Hall–Kier alpha value is -2.76. The highest BCUT2D eigenvalue weighted by atomic mass is 16.5. The van der Waals surface area contributed by atoms with Crippen molar-refractivity contribution in [3.63, 3.8) is 0 Å². The largest absolute Gasteiger partial charge is 0.375 e. The van der Waals surface area contributed by atoms with E-state index in [2.05, 4.69) is 48.3 Å². The number of ether oxygens (including phenoxy) is 3. The minimum atomic E-state index is -0.130. The molecule has 4 atom stereocenters. The number of hydrogen-bond acceptors (Lipinski definition) is 4. The molecule has 3 aromatic carbocycles. The second-order valence-corrected chi connectivity index (χ2v) is 8.43. The zero-order chi connectivity index (χ0) is 22.7. The predicted molar refractivity (Wildman–Crippen MR) is 132 cm³/mol. The van der Waals surface area contributed by atoms with Crippen molar-refractivity contribution in [2.45, 2.75) is 50.5 Å². The second-order valence-electron chi connectivity index (χ2n) is 8.43. The van der Waals surface area contributed by atoms with Crippen LogP contribution < -0.4 is 5.32 Å². The van der Waals surface area contributed by atoms with E-state index in [1.165, 1.54) is 0 Å². The van der Waals surface area contributed by atoms with Crippen LogP contribution in [0.3, 0.4) is 0 Å². The molecular weight excluding hydrogens is 410 g/mol. The Morgan fingerprint density at radius 2 is 1.09 bits per heavy atom. The van der Waals surface area contributed by atoms with Crippen LogP contribution in [0.15, 0.2) is 104 Å². The molecule has 3 aromatic rings. The number of benzene rings is 3. The maximum atomic E-state index is 6.48. The third-order valence-corrected chi connectivity index (χ3v) is 5.95. The van der Waals surface area contributed by atoms with E-state index >= 15 is 0 Å². The minimum Gasteiger partial charge on any atom is -0.375 e. The van der Waals surface area contributed by atoms with Gasteiger partial charge in [0.25, 0.3) is 0 Å². The van der Waals surface area contributed by atoms with Crippen molar-refractivity contribution in [3.05, 3.63) is 120 Å². The Balaban J connectivity index is 1.45. The highest BCUT2D eigenvalue weighted by molar-refractivity contribution is 5.16. The maximum Gasteiger partial charge on any atom is 0.103 e. The van der Waals surface area contributed by atoms with E-state index in [9.17, 15) is 0 Å². The first kappa shape index (κ1) is 23.4. The molecule has 4 heteroatoms. The molecule has 1 N–H and O–H groups in total. The van der Waals surface area contributed by atoms with E-state index in [0.717, 1.165) is 23.1 Å². The lowest BCUT2D eigenvalue weighted by molar-refractivity contribution is -0.0855. The quantitative estimate of drug-likeness (QED) is 0.386. The standard InChI is InChI=1S/C29H33NO3/c1-2-12-26-28(32-20-24-15-8-4-9-16-24)29(33-21-25-17-10-5-11-18-25)27(30-26)22-31-19-23-13-6-3-7-14-23/h2-11,13-18,26-30H,1,12,19-22H2/t26-,27+,28-,29+/m1/s1. The molecule has 4 nitrogen and oxygen atoms in total. The van der Waals surface area contributed by atoms with Gasteiger partial charge in [-0.2, -0.15) is 0 Å². The van der Waals surface area contributed by atoms with Crippen LogP contribution in [-0.4, -0.2) is 30.9 Å². The Morgan fingerprint density at radius 1 is 0.636 bits per heavy atom. The van der Waals surface area contributed by atoms with E-state index in [4.69, 9.17) is 14.2 Å². The summed E-state index contributed by atoms with van der Waals surface area (Å²) in [5.74, 6) is 0. The lowest BCUT2D eigenvalue weighted by atomic mass is 10.0. The van der Waals surface area contributed by atoms with Gasteiger partial charge in [-0.15, -0.1) is 6.58 Å². The van der Waals surface area contributed by atoms with Crippen molar-refractivity contribution in [2.24, 2.45) is 0 Å². The van der Waals surface area contributed by atoms with Gasteiger partial charge in [-0.05, 0) is 23.1 Å². The fourth-order valence-corrected chi connectivity index (χ4v) is 4.28. The number of rotatable bonds is 12. The first-order chi connectivity index (χ1) is 16.3. The van der Waals surface area contributed by atoms with Gasteiger partial charge in [0.05, 0.1) is 32.5 Å². The molecule has 0 amide bonds. The highest BCUT2D eigenvalue weighted by Crippen LogP contribution is 2.26. The van der Waals surface area contributed by atoms with Gasteiger partial charge in [0.1, 0.15) is 12.2 Å². The van der Waals surface area contributed by atoms with Gasteiger partial charge in [-0.1, -0.05) is 97.1 Å². The van der Waals surface area contributed by atoms with Crippen molar-refractivity contribution in [2.75, 3.05) is 6.61 Å².